The fourth-order valence-electron chi connectivity index (χ4n) is 2.62. The van der Waals surface area contributed by atoms with E-state index in [0.29, 0.717) is 5.03 Å². The maximum Gasteiger partial charge on any atom is 0.251 e. The van der Waals surface area contributed by atoms with E-state index >= 15 is 0 Å². The number of furan rings is 1. The van der Waals surface area contributed by atoms with Gasteiger partial charge in [-0.3, -0.25) is 4.79 Å². The number of benzene rings is 1. The fourth-order valence-corrected chi connectivity index (χ4v) is 3.34. The summed E-state index contributed by atoms with van der Waals surface area (Å²) in [6.07, 6.45) is 1.42. The average Bonchev–Trinajstić information content (AvgIpc) is 2.92. The van der Waals surface area contributed by atoms with Crippen molar-refractivity contribution in [2.45, 2.75) is 24.9 Å². The zero-order valence-electron chi connectivity index (χ0n) is 13.5. The quantitative estimate of drug-likeness (QED) is 0.439. The van der Waals surface area contributed by atoms with Gasteiger partial charge >= 0.3 is 0 Å². The molecule has 2 aromatic heterocycles. The number of hydrogen-bond acceptors (Lipinski definition) is 4. The van der Waals surface area contributed by atoms with Crippen molar-refractivity contribution in [3.05, 3.63) is 65.2 Å². The molecule has 0 aliphatic rings. The van der Waals surface area contributed by atoms with Crippen LogP contribution in [-0.4, -0.2) is 11.7 Å². The van der Waals surface area contributed by atoms with Crippen LogP contribution in [0.25, 0.3) is 11.0 Å². The Morgan fingerprint density at radius 2 is 2.04 bits per heavy atom. The predicted molar refractivity (Wildman–Crippen MR) is 93.6 cm³/mol. The number of hydrogen-bond donors (Lipinski definition) is 1. The van der Waals surface area contributed by atoms with Gasteiger partial charge < -0.3 is 14.9 Å². The van der Waals surface area contributed by atoms with Crippen LogP contribution in [0.2, 0.25) is 0 Å². The molecule has 0 unspecified atom stereocenters. The summed E-state index contributed by atoms with van der Waals surface area (Å²) in [5.41, 5.74) is 1.85. The normalized spacial score (nSPS) is 12.2. The van der Waals surface area contributed by atoms with E-state index in [1.165, 1.54) is 18.0 Å². The van der Waals surface area contributed by atoms with Gasteiger partial charge in [0.05, 0.1) is 11.8 Å². The standard InChI is InChI=1S/C18H18N2O3S/c1-12-14-7-3-4-8-15(14)23-18(12)13(2)19-16(21)11-24-17-9-5-6-10-20(17)22/h3-10,13H,11H2,1-2H3,(H,19,21)/t13-/m1/s1. The van der Waals surface area contributed by atoms with Crippen molar-refractivity contribution in [1.29, 1.82) is 0 Å². The number of carbonyl (C=O) groups excluding carboxylic acids is 1. The van der Waals surface area contributed by atoms with E-state index in [0.717, 1.165) is 27.0 Å². The lowest BCUT2D eigenvalue weighted by molar-refractivity contribution is -0.645. The summed E-state index contributed by atoms with van der Waals surface area (Å²) in [6.45, 7) is 3.88. The molecule has 0 spiro atoms. The Kier molecular flexibility index (Phi) is 4.76. The van der Waals surface area contributed by atoms with Gasteiger partial charge in [-0.05, 0) is 37.7 Å². The van der Waals surface area contributed by atoms with Crippen molar-refractivity contribution in [1.82, 2.24) is 5.32 Å². The summed E-state index contributed by atoms with van der Waals surface area (Å²) in [5.74, 6) is 0.792. The molecular formula is C18H18N2O3S. The Morgan fingerprint density at radius 1 is 1.29 bits per heavy atom. The Labute approximate surface area is 144 Å². The van der Waals surface area contributed by atoms with E-state index in [4.69, 9.17) is 4.42 Å². The number of pyridine rings is 1. The van der Waals surface area contributed by atoms with Crippen molar-refractivity contribution in [3.8, 4) is 0 Å². The maximum absolute atomic E-state index is 12.2. The Balaban J connectivity index is 1.65. The summed E-state index contributed by atoms with van der Waals surface area (Å²) in [4.78, 5) is 12.2. The first-order chi connectivity index (χ1) is 11.6. The van der Waals surface area contributed by atoms with Crippen LogP contribution >= 0.6 is 11.8 Å². The smallest absolute Gasteiger partial charge is 0.251 e. The molecule has 0 aliphatic carbocycles. The van der Waals surface area contributed by atoms with Gasteiger partial charge in [-0.2, -0.15) is 4.73 Å². The van der Waals surface area contributed by atoms with Gasteiger partial charge in [0.2, 0.25) is 5.91 Å². The van der Waals surface area contributed by atoms with Crippen LogP contribution in [0.4, 0.5) is 0 Å². The summed E-state index contributed by atoms with van der Waals surface area (Å²) in [5, 5.41) is 16.0. The van der Waals surface area contributed by atoms with Gasteiger partial charge in [-0.1, -0.05) is 18.2 Å². The molecule has 3 rings (SSSR count). The van der Waals surface area contributed by atoms with Gasteiger partial charge in [0, 0.05) is 23.1 Å². The zero-order valence-corrected chi connectivity index (χ0v) is 14.3. The van der Waals surface area contributed by atoms with Gasteiger partial charge in [0.25, 0.3) is 5.03 Å². The maximum atomic E-state index is 12.2. The number of aryl methyl sites for hydroxylation is 1. The molecule has 24 heavy (non-hydrogen) atoms. The van der Waals surface area contributed by atoms with E-state index in [1.807, 2.05) is 38.1 Å². The topological polar surface area (TPSA) is 69.2 Å². The highest BCUT2D eigenvalue weighted by Crippen LogP contribution is 2.29. The first kappa shape index (κ1) is 16.4. The fraction of sp³-hybridized carbons (Fsp3) is 0.222. The van der Waals surface area contributed by atoms with Crippen molar-refractivity contribution in [2.75, 3.05) is 5.75 Å². The van der Waals surface area contributed by atoms with Crippen LogP contribution in [0.5, 0.6) is 0 Å². The van der Waals surface area contributed by atoms with Crippen LogP contribution in [0, 0.1) is 12.1 Å². The average molecular weight is 342 g/mol. The molecule has 3 aromatic rings. The second-order valence-electron chi connectivity index (χ2n) is 5.53. The van der Waals surface area contributed by atoms with E-state index < -0.39 is 0 Å². The van der Waals surface area contributed by atoms with E-state index in [2.05, 4.69) is 5.32 Å². The zero-order chi connectivity index (χ0) is 17.1. The number of para-hydroxylation sites is 1. The summed E-state index contributed by atoms with van der Waals surface area (Å²) >= 11 is 1.21. The molecule has 0 aliphatic heterocycles. The molecule has 0 radical (unpaired) electrons. The number of amides is 1. The van der Waals surface area contributed by atoms with Gasteiger partial charge in [0.15, 0.2) is 6.20 Å². The molecular weight excluding hydrogens is 324 g/mol. The van der Waals surface area contributed by atoms with E-state index in [-0.39, 0.29) is 17.7 Å². The first-order valence-corrected chi connectivity index (χ1v) is 8.63. The second-order valence-corrected chi connectivity index (χ2v) is 6.53. The molecule has 124 valence electrons. The SMILES string of the molecule is Cc1c([C@@H](C)NC(=O)CSc2cccc[n+]2[O-])oc2ccccc12. The Morgan fingerprint density at radius 3 is 2.79 bits per heavy atom. The molecule has 1 aromatic carbocycles. The lowest BCUT2D eigenvalue weighted by Gasteiger charge is -2.12. The molecule has 2 heterocycles. The largest absolute Gasteiger partial charge is 0.618 e. The highest BCUT2D eigenvalue weighted by molar-refractivity contribution is 7.99. The third kappa shape index (κ3) is 3.38. The third-order valence-corrected chi connectivity index (χ3v) is 4.81. The summed E-state index contributed by atoms with van der Waals surface area (Å²) in [7, 11) is 0. The number of thioether (sulfide) groups is 1. The monoisotopic (exact) mass is 342 g/mol. The number of nitrogens with zero attached hydrogens (tertiary/aromatic N) is 1. The first-order valence-electron chi connectivity index (χ1n) is 7.64. The molecule has 1 N–H and O–H groups in total. The van der Waals surface area contributed by atoms with Crippen LogP contribution in [0.3, 0.4) is 0 Å². The number of rotatable bonds is 5. The second kappa shape index (κ2) is 6.97. The number of carbonyl (C=O) groups is 1. The lowest BCUT2D eigenvalue weighted by Crippen LogP contribution is -2.31. The highest BCUT2D eigenvalue weighted by Gasteiger charge is 2.18. The Bertz CT molecular complexity index is 876. The van der Waals surface area contributed by atoms with Gasteiger partial charge in [-0.25, -0.2) is 0 Å². The van der Waals surface area contributed by atoms with E-state index in [1.54, 1.807) is 18.2 Å². The minimum absolute atomic E-state index is 0.142. The molecule has 6 heteroatoms. The molecule has 0 saturated carbocycles. The van der Waals surface area contributed by atoms with Crippen LogP contribution in [0.1, 0.15) is 24.3 Å². The van der Waals surface area contributed by atoms with Crippen LogP contribution < -0.4 is 10.0 Å². The number of fused-ring (bicyclic) bond motifs is 1. The Hall–Kier alpha value is -2.47. The minimum Gasteiger partial charge on any atom is -0.618 e. The van der Waals surface area contributed by atoms with Crippen molar-refractivity contribution < 1.29 is 13.9 Å². The lowest BCUT2D eigenvalue weighted by atomic mass is 10.1. The summed E-state index contributed by atoms with van der Waals surface area (Å²) in [6, 6.07) is 12.7. The minimum atomic E-state index is -0.236. The summed E-state index contributed by atoms with van der Waals surface area (Å²) < 4.78 is 6.62. The molecule has 0 fully saturated rings. The molecule has 0 bridgehead atoms. The van der Waals surface area contributed by atoms with E-state index in [9.17, 15) is 10.0 Å². The van der Waals surface area contributed by atoms with Gasteiger partial charge in [0.1, 0.15) is 11.3 Å². The molecule has 1 amide bonds. The predicted octanol–water partition coefficient (Wildman–Crippen LogP) is 3.34. The van der Waals surface area contributed by atoms with Crippen LogP contribution in [0.15, 0.2) is 58.1 Å². The van der Waals surface area contributed by atoms with Crippen LogP contribution in [-0.2, 0) is 4.79 Å². The molecule has 1 atom stereocenters. The molecule has 5 nitrogen and oxygen atoms in total. The number of nitrogens with one attached hydrogen (secondary N) is 1. The van der Waals surface area contributed by atoms with Crippen molar-refractivity contribution in [2.24, 2.45) is 0 Å². The molecule has 0 saturated heterocycles. The van der Waals surface area contributed by atoms with Gasteiger partial charge in [-0.15, -0.1) is 0 Å². The van der Waals surface area contributed by atoms with Crippen molar-refractivity contribution >= 4 is 28.6 Å². The number of aromatic nitrogens is 1. The third-order valence-electron chi connectivity index (χ3n) is 3.79. The van der Waals surface area contributed by atoms with Crippen molar-refractivity contribution in [3.63, 3.8) is 0 Å². The highest BCUT2D eigenvalue weighted by atomic mass is 32.2.